The van der Waals surface area contributed by atoms with E-state index in [1.165, 1.54) is 18.4 Å². The summed E-state index contributed by atoms with van der Waals surface area (Å²) in [5.74, 6) is 0.755. The Bertz CT molecular complexity index is 986. The van der Waals surface area contributed by atoms with Crippen molar-refractivity contribution in [2.75, 3.05) is 26.9 Å². The predicted octanol–water partition coefficient (Wildman–Crippen LogP) is 6.24. The van der Waals surface area contributed by atoms with E-state index in [9.17, 15) is 4.79 Å². The third-order valence-corrected chi connectivity index (χ3v) is 9.03. The zero-order valence-electron chi connectivity index (χ0n) is 21.2. The highest BCUT2D eigenvalue weighted by atomic mass is 127. The summed E-state index contributed by atoms with van der Waals surface area (Å²) in [5, 5.41) is 4.73. The van der Waals surface area contributed by atoms with Gasteiger partial charge in [0.15, 0.2) is 6.23 Å². The number of benzene rings is 1. The molecule has 0 radical (unpaired) electrons. The van der Waals surface area contributed by atoms with Crippen molar-refractivity contribution in [3.63, 3.8) is 0 Å². The molecule has 2 aliphatic heterocycles. The normalized spacial score (nSPS) is 29.2. The third-order valence-electron chi connectivity index (χ3n) is 8.20. The van der Waals surface area contributed by atoms with Gasteiger partial charge in [-0.2, -0.15) is 5.10 Å². The monoisotopic (exact) mass is 607 g/mol. The Hall–Kier alpha value is -1.65. The lowest BCUT2D eigenvalue weighted by Crippen LogP contribution is -2.51. The molecule has 7 nitrogen and oxygen atoms in total. The summed E-state index contributed by atoms with van der Waals surface area (Å²) in [6, 6.07) is 10.8. The van der Waals surface area contributed by atoms with E-state index in [1.807, 2.05) is 11.1 Å². The average molecular weight is 608 g/mol. The van der Waals surface area contributed by atoms with Crippen molar-refractivity contribution < 1.29 is 19.0 Å². The van der Waals surface area contributed by atoms with E-state index < -0.39 is 0 Å². The number of hydrogen-bond acceptors (Lipinski definition) is 5. The zero-order valence-corrected chi connectivity index (χ0v) is 23.3. The van der Waals surface area contributed by atoms with E-state index in [1.54, 1.807) is 0 Å². The van der Waals surface area contributed by atoms with Gasteiger partial charge in [-0.25, -0.2) is 9.48 Å². The molecule has 1 amide bonds. The van der Waals surface area contributed by atoms with Crippen LogP contribution >= 0.6 is 22.6 Å². The van der Waals surface area contributed by atoms with Gasteiger partial charge >= 0.3 is 6.09 Å². The number of ether oxygens (including phenoxy) is 3. The van der Waals surface area contributed by atoms with Crippen LogP contribution in [-0.4, -0.2) is 59.8 Å². The van der Waals surface area contributed by atoms with Gasteiger partial charge < -0.3 is 19.1 Å². The summed E-state index contributed by atoms with van der Waals surface area (Å²) in [7, 11) is 1.47. The molecule has 3 atom stereocenters. The molecule has 3 fully saturated rings. The van der Waals surface area contributed by atoms with Crippen LogP contribution in [0, 0.1) is 3.57 Å². The molecular weight excluding hydrogens is 569 g/mol. The molecule has 0 spiro atoms. The molecule has 1 saturated carbocycles. The molecule has 1 aliphatic carbocycles. The molecule has 2 aromatic rings. The Morgan fingerprint density at radius 3 is 2.61 bits per heavy atom. The smallest absolute Gasteiger partial charge is 0.409 e. The lowest BCUT2D eigenvalue weighted by Gasteiger charge is -2.42. The Kier molecular flexibility index (Phi) is 8.85. The minimum Gasteiger partial charge on any atom is -0.453 e. The summed E-state index contributed by atoms with van der Waals surface area (Å²) >= 11 is 2.39. The lowest BCUT2D eigenvalue weighted by molar-refractivity contribution is -0.0468. The number of nitrogens with zero attached hydrogens (tertiary/aromatic N) is 3. The van der Waals surface area contributed by atoms with Gasteiger partial charge in [0.1, 0.15) is 0 Å². The van der Waals surface area contributed by atoms with Crippen molar-refractivity contribution >= 4 is 28.7 Å². The number of hydrogen-bond donors (Lipinski definition) is 0. The molecule has 3 aliphatic rings. The summed E-state index contributed by atoms with van der Waals surface area (Å²) in [6.45, 7) is 1.99. The fourth-order valence-electron chi connectivity index (χ4n) is 6.29. The third kappa shape index (κ3) is 5.75. The number of methoxy groups -OCH3 is 1. The number of piperidine rings is 1. The Morgan fingerprint density at radius 2 is 1.89 bits per heavy atom. The van der Waals surface area contributed by atoms with Gasteiger partial charge in [-0.15, -0.1) is 0 Å². The van der Waals surface area contributed by atoms with Crippen molar-refractivity contribution in [3.8, 4) is 0 Å². The highest BCUT2D eigenvalue weighted by Crippen LogP contribution is 2.39. The van der Waals surface area contributed by atoms with Crippen LogP contribution in [0.15, 0.2) is 36.5 Å². The molecule has 5 rings (SSSR count). The van der Waals surface area contributed by atoms with E-state index in [2.05, 4.69) is 57.6 Å². The van der Waals surface area contributed by atoms with Gasteiger partial charge in [0.2, 0.25) is 0 Å². The number of halogens is 1. The van der Waals surface area contributed by atoms with Crippen molar-refractivity contribution in [1.29, 1.82) is 0 Å². The van der Waals surface area contributed by atoms with Crippen LogP contribution in [0.4, 0.5) is 4.79 Å². The lowest BCUT2D eigenvalue weighted by atomic mass is 9.82. The summed E-state index contributed by atoms with van der Waals surface area (Å²) in [5.41, 5.74) is 2.62. The standard InChI is InChI=1S/C28H38IN3O4/c1-34-28(33)31-16-7-10-23(27-24(29)18-30-32(27)26-11-5-6-17-35-26)25(31)19-36-22-14-12-21(13-15-22)20-8-3-2-4-9-20/h2-4,8-9,18,21-23,25-26H,5-7,10-17,19H2,1H3. The van der Waals surface area contributed by atoms with Crippen molar-refractivity contribution in [1.82, 2.24) is 14.7 Å². The van der Waals surface area contributed by atoms with Gasteiger partial charge in [0.05, 0.1) is 41.3 Å². The van der Waals surface area contributed by atoms with Crippen molar-refractivity contribution in [3.05, 3.63) is 51.4 Å². The van der Waals surface area contributed by atoms with Crippen molar-refractivity contribution in [2.45, 2.75) is 88.0 Å². The first-order valence-electron chi connectivity index (χ1n) is 13.5. The molecule has 196 valence electrons. The fourth-order valence-corrected chi connectivity index (χ4v) is 7.06. The van der Waals surface area contributed by atoms with Gasteiger partial charge in [-0.1, -0.05) is 30.3 Å². The highest BCUT2D eigenvalue weighted by molar-refractivity contribution is 14.1. The maximum absolute atomic E-state index is 12.8. The highest BCUT2D eigenvalue weighted by Gasteiger charge is 2.40. The van der Waals surface area contributed by atoms with E-state index in [0.717, 1.165) is 68.0 Å². The first-order valence-corrected chi connectivity index (χ1v) is 14.6. The van der Waals surface area contributed by atoms with Crippen molar-refractivity contribution in [2.24, 2.45) is 0 Å². The minimum atomic E-state index is -0.268. The quantitative estimate of drug-likeness (QED) is 0.364. The SMILES string of the molecule is COC(=O)N1CCCC(c2c(I)cnn2C2CCCCO2)C1COC1CCC(c2ccccc2)CC1. The summed E-state index contributed by atoms with van der Waals surface area (Å²) in [6.07, 6.45) is 11.4. The molecule has 8 heteroatoms. The molecule has 0 bridgehead atoms. The van der Waals surface area contributed by atoms with Crippen LogP contribution in [0.25, 0.3) is 0 Å². The predicted molar refractivity (Wildman–Crippen MR) is 146 cm³/mol. The van der Waals surface area contributed by atoms with Crippen LogP contribution < -0.4 is 0 Å². The number of likely N-dealkylation sites (tertiary alicyclic amines) is 1. The molecule has 1 aromatic carbocycles. The first-order chi connectivity index (χ1) is 17.7. The number of amides is 1. The largest absolute Gasteiger partial charge is 0.453 e. The summed E-state index contributed by atoms with van der Waals surface area (Å²) in [4.78, 5) is 14.7. The second-order valence-corrected chi connectivity index (χ2v) is 11.5. The Balaban J connectivity index is 1.30. The van der Waals surface area contributed by atoms with Crippen LogP contribution in [-0.2, 0) is 14.2 Å². The summed E-state index contributed by atoms with van der Waals surface area (Å²) < 4.78 is 21.1. The first kappa shape index (κ1) is 26.0. The van der Waals surface area contributed by atoms with E-state index >= 15 is 0 Å². The molecule has 1 aromatic heterocycles. The second-order valence-electron chi connectivity index (χ2n) is 10.3. The molecule has 2 saturated heterocycles. The van der Waals surface area contributed by atoms with Gasteiger partial charge in [-0.05, 0) is 91.9 Å². The zero-order chi connectivity index (χ0) is 24.9. The van der Waals surface area contributed by atoms with E-state index in [0.29, 0.717) is 19.1 Å². The number of carbonyl (C=O) groups excluding carboxylic acids is 1. The van der Waals surface area contributed by atoms with Crippen LogP contribution in [0.3, 0.4) is 0 Å². The van der Waals surface area contributed by atoms with Crippen LogP contribution in [0.5, 0.6) is 0 Å². The van der Waals surface area contributed by atoms with E-state index in [4.69, 9.17) is 19.3 Å². The molecule has 3 heterocycles. The molecule has 0 N–H and O–H groups in total. The van der Waals surface area contributed by atoms with Gasteiger partial charge in [0, 0.05) is 19.1 Å². The second kappa shape index (κ2) is 12.3. The maximum Gasteiger partial charge on any atom is 0.409 e. The number of rotatable bonds is 6. The van der Waals surface area contributed by atoms with E-state index in [-0.39, 0.29) is 30.4 Å². The molecule has 36 heavy (non-hydrogen) atoms. The fraction of sp³-hybridized carbons (Fsp3) is 0.643. The van der Waals surface area contributed by atoms with Crippen LogP contribution in [0.2, 0.25) is 0 Å². The Morgan fingerprint density at radius 1 is 1.08 bits per heavy atom. The average Bonchev–Trinajstić information content (AvgIpc) is 3.33. The van der Waals surface area contributed by atoms with Crippen LogP contribution in [0.1, 0.15) is 87.1 Å². The van der Waals surface area contributed by atoms with Gasteiger partial charge in [-0.3, -0.25) is 0 Å². The molecular formula is C28H38IN3O4. The van der Waals surface area contributed by atoms with Gasteiger partial charge in [0.25, 0.3) is 0 Å². The molecule has 3 unspecified atom stereocenters. The minimum absolute atomic E-state index is 0.0272. The maximum atomic E-state index is 12.8. The topological polar surface area (TPSA) is 65.8 Å². The number of aromatic nitrogens is 2. The Labute approximate surface area is 228 Å². The number of carbonyl (C=O) groups is 1.